The van der Waals surface area contributed by atoms with Crippen LogP contribution in [0.4, 0.5) is 19.2 Å². The first kappa shape index (κ1) is 42.6. The number of hydrogen-bond acceptors (Lipinski definition) is 8. The summed E-state index contributed by atoms with van der Waals surface area (Å²) in [6, 6.07) is 0. The maximum Gasteiger partial charge on any atom is 0.410 e. The first-order valence-electron chi connectivity index (χ1n) is 16.0. The van der Waals surface area contributed by atoms with Crippen molar-refractivity contribution in [2.45, 2.75) is 118 Å². The third-order valence-corrected chi connectivity index (χ3v) is 5.61. The number of rotatable bonds is 14. The fourth-order valence-electron chi connectivity index (χ4n) is 3.69. The molecule has 0 N–H and O–H groups in total. The molecule has 0 aromatic rings. The highest BCUT2D eigenvalue weighted by Crippen LogP contribution is 2.14. The summed E-state index contributed by atoms with van der Waals surface area (Å²) in [7, 11) is 1.65. The van der Waals surface area contributed by atoms with E-state index < -0.39 is 46.8 Å². The maximum absolute atomic E-state index is 13.0. The van der Waals surface area contributed by atoms with Gasteiger partial charge in [0.15, 0.2) is 0 Å². The van der Waals surface area contributed by atoms with Crippen LogP contribution in [-0.4, -0.2) is 119 Å². The van der Waals surface area contributed by atoms with E-state index in [4.69, 9.17) is 18.9 Å². The molecule has 0 fully saturated rings. The monoisotopic (exact) mass is 654 g/mol. The van der Waals surface area contributed by atoms with Crippen LogP contribution in [0.25, 0.3) is 0 Å². The third-order valence-electron chi connectivity index (χ3n) is 5.61. The van der Waals surface area contributed by atoms with Gasteiger partial charge in [0.05, 0.1) is 0 Å². The maximum atomic E-state index is 13.0. The Hall–Kier alpha value is -3.44. The molecule has 0 spiro atoms. The highest BCUT2D eigenvalue weighted by Gasteiger charge is 2.25. The number of ether oxygens (including phenoxy) is 4. The smallest absolute Gasteiger partial charge is 0.410 e. The van der Waals surface area contributed by atoms with E-state index in [9.17, 15) is 19.2 Å². The lowest BCUT2D eigenvalue weighted by Gasteiger charge is -2.29. The summed E-state index contributed by atoms with van der Waals surface area (Å²) in [5.41, 5.74) is -2.61. The molecule has 4 amide bonds. The van der Waals surface area contributed by atoms with Gasteiger partial charge in [-0.25, -0.2) is 19.2 Å². The van der Waals surface area contributed by atoms with Gasteiger partial charge in [-0.1, -0.05) is 18.2 Å². The summed E-state index contributed by atoms with van der Waals surface area (Å²) in [6.07, 6.45) is 4.36. The SMILES string of the molecule is C=CCN(CCCN(CC=CCN(CCCN(C)C(=O)OC(C)(C)C)C(=O)OC(C)(C)C)C(=O)OC(C)(C)C)C(=O)OC(C)(C)C. The number of amides is 4. The Morgan fingerprint density at radius 2 is 0.783 bits per heavy atom. The molecule has 12 nitrogen and oxygen atoms in total. The normalized spacial score (nSPS) is 12.3. The number of nitrogens with zero attached hydrogens (tertiary/aromatic N) is 4. The molecule has 0 rings (SSSR count). The lowest BCUT2D eigenvalue weighted by Crippen LogP contribution is -2.41. The van der Waals surface area contributed by atoms with Crippen LogP contribution in [0, 0.1) is 0 Å². The lowest BCUT2D eigenvalue weighted by molar-refractivity contribution is 0.0212. The molecule has 0 unspecified atom stereocenters. The van der Waals surface area contributed by atoms with Gasteiger partial charge in [-0.15, -0.1) is 6.58 Å². The van der Waals surface area contributed by atoms with Gasteiger partial charge in [0.2, 0.25) is 0 Å². The van der Waals surface area contributed by atoms with E-state index >= 15 is 0 Å². The van der Waals surface area contributed by atoms with Crippen molar-refractivity contribution < 1.29 is 38.1 Å². The van der Waals surface area contributed by atoms with E-state index in [1.165, 1.54) is 4.90 Å². The second-order valence-corrected chi connectivity index (χ2v) is 15.1. The summed E-state index contributed by atoms with van der Waals surface area (Å²) in [6.45, 7) is 27.5. The van der Waals surface area contributed by atoms with Gasteiger partial charge in [0.25, 0.3) is 0 Å². The van der Waals surface area contributed by atoms with Gasteiger partial charge in [-0.2, -0.15) is 0 Å². The summed E-state index contributed by atoms with van der Waals surface area (Å²) in [5.74, 6) is 0. The molecule has 0 aliphatic carbocycles. The Morgan fingerprint density at radius 1 is 0.500 bits per heavy atom. The van der Waals surface area contributed by atoms with Crippen molar-refractivity contribution >= 4 is 24.4 Å². The van der Waals surface area contributed by atoms with Gasteiger partial charge in [-0.05, 0) is 95.9 Å². The summed E-state index contributed by atoms with van der Waals surface area (Å²) < 4.78 is 22.1. The minimum absolute atomic E-state index is 0.229. The van der Waals surface area contributed by atoms with Crippen molar-refractivity contribution in [3.63, 3.8) is 0 Å². The van der Waals surface area contributed by atoms with Crippen LogP contribution in [-0.2, 0) is 18.9 Å². The standard InChI is InChI=1S/C34H62N4O8/c1-15-20-36(28(40)44-32(5,6)7)25-19-26-38(30(42)46-34(11,12)13)23-17-16-22-37(29(41)45-33(8,9)10)24-18-21-35(14)27(39)43-31(2,3)4/h15-17H,1,18-26H2,2-14H3. The van der Waals surface area contributed by atoms with Gasteiger partial charge < -0.3 is 38.5 Å². The zero-order valence-corrected chi connectivity index (χ0v) is 30.9. The molecule has 46 heavy (non-hydrogen) atoms. The quantitative estimate of drug-likeness (QED) is 0.144. The van der Waals surface area contributed by atoms with Crippen LogP contribution in [0.1, 0.15) is 95.9 Å². The molecular weight excluding hydrogens is 592 g/mol. The Bertz CT molecular complexity index is 1020. The highest BCUT2D eigenvalue weighted by molar-refractivity contribution is 5.70. The highest BCUT2D eigenvalue weighted by atomic mass is 16.6. The molecule has 0 saturated carbocycles. The van der Waals surface area contributed by atoms with Crippen molar-refractivity contribution in [2.75, 3.05) is 52.9 Å². The van der Waals surface area contributed by atoms with Crippen LogP contribution >= 0.6 is 0 Å². The zero-order valence-electron chi connectivity index (χ0n) is 30.9. The fraction of sp³-hybridized carbons (Fsp3) is 0.765. The van der Waals surface area contributed by atoms with Crippen LogP contribution in [0.15, 0.2) is 24.8 Å². The Kier molecular flexibility index (Phi) is 17.2. The molecule has 0 aromatic carbocycles. The van der Waals surface area contributed by atoms with Crippen molar-refractivity contribution in [1.82, 2.24) is 19.6 Å². The molecule has 0 radical (unpaired) electrons. The molecule has 0 atom stereocenters. The molecule has 0 saturated heterocycles. The van der Waals surface area contributed by atoms with Gasteiger partial charge in [0, 0.05) is 52.9 Å². The lowest BCUT2D eigenvalue weighted by atomic mass is 10.2. The van der Waals surface area contributed by atoms with Crippen molar-refractivity contribution in [2.24, 2.45) is 0 Å². The van der Waals surface area contributed by atoms with E-state index in [2.05, 4.69) is 6.58 Å². The Balaban J connectivity index is 5.54. The Morgan fingerprint density at radius 3 is 1.09 bits per heavy atom. The largest absolute Gasteiger partial charge is 0.444 e. The average molecular weight is 655 g/mol. The van der Waals surface area contributed by atoms with Gasteiger partial charge >= 0.3 is 24.4 Å². The minimum atomic E-state index is -0.690. The summed E-state index contributed by atoms with van der Waals surface area (Å²) in [5, 5.41) is 0. The van der Waals surface area contributed by atoms with Gasteiger partial charge in [0.1, 0.15) is 22.4 Å². The second kappa shape index (κ2) is 18.6. The Labute approximate surface area is 278 Å². The van der Waals surface area contributed by atoms with E-state index in [1.807, 2.05) is 0 Å². The van der Waals surface area contributed by atoms with Crippen LogP contribution in [0.3, 0.4) is 0 Å². The van der Waals surface area contributed by atoms with Gasteiger partial charge in [-0.3, -0.25) is 0 Å². The first-order chi connectivity index (χ1) is 20.8. The molecule has 0 aliphatic heterocycles. The summed E-state index contributed by atoms with van der Waals surface area (Å²) in [4.78, 5) is 57.1. The minimum Gasteiger partial charge on any atom is -0.444 e. The van der Waals surface area contributed by atoms with Crippen molar-refractivity contribution in [3.8, 4) is 0 Å². The molecular formula is C34H62N4O8. The molecule has 266 valence electrons. The molecule has 0 bridgehead atoms. The fourth-order valence-corrected chi connectivity index (χ4v) is 3.69. The average Bonchev–Trinajstić information content (AvgIpc) is 2.83. The van der Waals surface area contributed by atoms with Crippen molar-refractivity contribution in [3.05, 3.63) is 24.8 Å². The topological polar surface area (TPSA) is 118 Å². The van der Waals surface area contributed by atoms with Crippen LogP contribution in [0.5, 0.6) is 0 Å². The number of hydrogen-bond donors (Lipinski definition) is 0. The van der Waals surface area contributed by atoms with Crippen LogP contribution in [0.2, 0.25) is 0 Å². The predicted octanol–water partition coefficient (Wildman–Crippen LogP) is 7.09. The first-order valence-corrected chi connectivity index (χ1v) is 16.0. The van der Waals surface area contributed by atoms with E-state index in [0.29, 0.717) is 45.6 Å². The molecule has 12 heteroatoms. The van der Waals surface area contributed by atoms with E-state index in [0.717, 1.165) is 0 Å². The van der Waals surface area contributed by atoms with E-state index in [1.54, 1.807) is 123 Å². The molecule has 0 aliphatic rings. The number of carbonyl (C=O) groups is 4. The predicted molar refractivity (Wildman–Crippen MR) is 181 cm³/mol. The number of carbonyl (C=O) groups excluding carboxylic acids is 4. The van der Waals surface area contributed by atoms with Crippen molar-refractivity contribution in [1.29, 1.82) is 0 Å². The zero-order chi connectivity index (χ0) is 35.9. The van der Waals surface area contributed by atoms with E-state index in [-0.39, 0.29) is 13.1 Å². The molecule has 0 heterocycles. The second-order valence-electron chi connectivity index (χ2n) is 15.1. The summed E-state index contributed by atoms with van der Waals surface area (Å²) >= 11 is 0. The molecule has 0 aromatic heterocycles. The van der Waals surface area contributed by atoms with Crippen LogP contribution < -0.4 is 0 Å². The third kappa shape index (κ3) is 21.3.